The molecule has 4 nitrogen and oxygen atoms in total. The summed E-state index contributed by atoms with van der Waals surface area (Å²) in [4.78, 5) is 4.40. The summed E-state index contributed by atoms with van der Waals surface area (Å²) in [6.07, 6.45) is 0. The number of oxazole rings is 1. The number of aryl methyl sites for hydroxylation is 2. The Morgan fingerprint density at radius 1 is 0.821 bits per heavy atom. The molecule has 0 atom stereocenters. The third kappa shape index (κ3) is 3.70. The van der Waals surface area contributed by atoms with Crippen LogP contribution in [0.5, 0.6) is 17.2 Å². The van der Waals surface area contributed by atoms with E-state index in [1.807, 2.05) is 74.5 Å². The molecule has 0 fully saturated rings. The molecular formula is C24H19NO3. The summed E-state index contributed by atoms with van der Waals surface area (Å²) in [5, 5.41) is 0. The molecule has 3 aromatic carbocycles. The van der Waals surface area contributed by atoms with Crippen LogP contribution in [-0.2, 0) is 0 Å². The Labute approximate surface area is 163 Å². The maximum absolute atomic E-state index is 5.96. The average molecular weight is 369 g/mol. The smallest absolute Gasteiger partial charge is 0.274 e. The van der Waals surface area contributed by atoms with Gasteiger partial charge in [0.25, 0.3) is 5.89 Å². The number of benzene rings is 3. The molecule has 0 unspecified atom stereocenters. The molecule has 4 heteroatoms. The molecule has 0 aliphatic rings. The highest BCUT2D eigenvalue weighted by Crippen LogP contribution is 2.27. The normalized spacial score (nSPS) is 10.4. The largest absolute Gasteiger partial charge is 0.497 e. The van der Waals surface area contributed by atoms with Crippen LogP contribution in [0.15, 0.2) is 65.1 Å². The van der Waals surface area contributed by atoms with E-state index in [1.54, 1.807) is 7.11 Å². The number of rotatable bonds is 3. The minimum absolute atomic E-state index is 0.415. The van der Waals surface area contributed by atoms with Crippen molar-refractivity contribution in [3.63, 3.8) is 0 Å². The van der Waals surface area contributed by atoms with Crippen LogP contribution in [0.1, 0.15) is 22.6 Å². The number of aromatic nitrogens is 1. The number of methoxy groups -OCH3 is 1. The highest BCUT2D eigenvalue weighted by atomic mass is 16.5. The topological polar surface area (TPSA) is 44.5 Å². The first-order valence-corrected chi connectivity index (χ1v) is 8.93. The van der Waals surface area contributed by atoms with Crippen LogP contribution in [0.4, 0.5) is 0 Å². The molecule has 0 aliphatic carbocycles. The summed E-state index contributed by atoms with van der Waals surface area (Å²) in [5.74, 6) is 8.95. The van der Waals surface area contributed by atoms with E-state index in [9.17, 15) is 0 Å². The zero-order valence-corrected chi connectivity index (χ0v) is 15.9. The lowest BCUT2D eigenvalue weighted by molar-refractivity contribution is 0.413. The van der Waals surface area contributed by atoms with E-state index in [0.29, 0.717) is 5.89 Å². The van der Waals surface area contributed by atoms with E-state index in [4.69, 9.17) is 13.9 Å². The number of hydrogen-bond donors (Lipinski definition) is 0. The Morgan fingerprint density at radius 3 is 2.18 bits per heavy atom. The van der Waals surface area contributed by atoms with Gasteiger partial charge in [-0.05, 0) is 79.4 Å². The van der Waals surface area contributed by atoms with Crippen molar-refractivity contribution >= 4 is 11.1 Å². The Hall–Kier alpha value is -3.71. The maximum atomic E-state index is 5.96. The minimum Gasteiger partial charge on any atom is -0.497 e. The number of para-hydroxylation sites is 2. The van der Waals surface area contributed by atoms with Crippen molar-refractivity contribution in [1.29, 1.82) is 0 Å². The van der Waals surface area contributed by atoms with Gasteiger partial charge in [0.15, 0.2) is 5.58 Å². The van der Waals surface area contributed by atoms with Gasteiger partial charge in [-0.2, -0.15) is 0 Å². The van der Waals surface area contributed by atoms with Gasteiger partial charge >= 0.3 is 0 Å². The van der Waals surface area contributed by atoms with Gasteiger partial charge in [-0.3, -0.25) is 0 Å². The predicted molar refractivity (Wildman–Crippen MR) is 109 cm³/mol. The molecule has 0 spiro atoms. The van der Waals surface area contributed by atoms with Crippen molar-refractivity contribution in [1.82, 2.24) is 4.98 Å². The zero-order chi connectivity index (χ0) is 19.5. The standard InChI is InChI=1S/C24H19NO3/c1-16-14-20(27-19-10-8-18(26-3)9-11-19)15-17(2)21(16)12-13-24-25-22-6-4-5-7-23(22)28-24/h4-11,14-15H,1-3H3. The van der Waals surface area contributed by atoms with Gasteiger partial charge < -0.3 is 13.9 Å². The first-order chi connectivity index (χ1) is 13.6. The third-order valence-corrected chi connectivity index (χ3v) is 4.39. The lowest BCUT2D eigenvalue weighted by Gasteiger charge is -2.10. The summed E-state index contributed by atoms with van der Waals surface area (Å²) in [6.45, 7) is 4.04. The third-order valence-electron chi connectivity index (χ3n) is 4.39. The van der Waals surface area contributed by atoms with Gasteiger partial charge in [0.05, 0.1) is 7.11 Å². The second-order valence-electron chi connectivity index (χ2n) is 6.45. The van der Waals surface area contributed by atoms with Crippen molar-refractivity contribution in [3.8, 4) is 29.1 Å². The van der Waals surface area contributed by atoms with Crippen LogP contribution in [0.2, 0.25) is 0 Å². The lowest BCUT2D eigenvalue weighted by Crippen LogP contribution is -1.92. The summed E-state index contributed by atoms with van der Waals surface area (Å²) in [6, 6.07) is 19.1. The predicted octanol–water partition coefficient (Wildman–Crippen LogP) is 5.65. The Kier molecular flexibility index (Phi) is 4.74. The number of ether oxygens (including phenoxy) is 2. The van der Waals surface area contributed by atoms with Crippen LogP contribution >= 0.6 is 0 Å². The highest BCUT2D eigenvalue weighted by Gasteiger charge is 2.07. The zero-order valence-electron chi connectivity index (χ0n) is 15.9. The number of nitrogens with zero attached hydrogens (tertiary/aromatic N) is 1. The second-order valence-corrected chi connectivity index (χ2v) is 6.45. The maximum Gasteiger partial charge on any atom is 0.274 e. The van der Waals surface area contributed by atoms with E-state index < -0.39 is 0 Å². The highest BCUT2D eigenvalue weighted by molar-refractivity contribution is 5.72. The minimum atomic E-state index is 0.415. The van der Waals surface area contributed by atoms with Gasteiger partial charge in [-0.15, -0.1) is 0 Å². The molecule has 0 N–H and O–H groups in total. The number of fused-ring (bicyclic) bond motifs is 1. The van der Waals surface area contributed by atoms with Crippen LogP contribution in [0.3, 0.4) is 0 Å². The van der Waals surface area contributed by atoms with Gasteiger partial charge in [0, 0.05) is 5.56 Å². The van der Waals surface area contributed by atoms with Gasteiger partial charge in [-0.25, -0.2) is 4.98 Å². The van der Waals surface area contributed by atoms with Gasteiger partial charge in [0.1, 0.15) is 22.8 Å². The molecule has 0 amide bonds. The molecule has 0 saturated heterocycles. The molecule has 28 heavy (non-hydrogen) atoms. The fourth-order valence-electron chi connectivity index (χ4n) is 3.00. The van der Waals surface area contributed by atoms with E-state index in [1.165, 1.54) is 0 Å². The molecule has 138 valence electrons. The molecule has 0 radical (unpaired) electrons. The summed E-state index contributed by atoms with van der Waals surface area (Å²) >= 11 is 0. The molecule has 0 bridgehead atoms. The molecule has 0 aliphatic heterocycles. The molecule has 4 rings (SSSR count). The van der Waals surface area contributed by atoms with Gasteiger partial charge in [0.2, 0.25) is 0 Å². The Balaban J connectivity index is 1.59. The number of hydrogen-bond acceptors (Lipinski definition) is 4. The van der Waals surface area contributed by atoms with Crippen LogP contribution in [0, 0.1) is 25.7 Å². The van der Waals surface area contributed by atoms with Crippen molar-refractivity contribution in [2.75, 3.05) is 7.11 Å². The van der Waals surface area contributed by atoms with Crippen LogP contribution in [0.25, 0.3) is 11.1 Å². The van der Waals surface area contributed by atoms with E-state index in [0.717, 1.165) is 45.0 Å². The summed E-state index contributed by atoms with van der Waals surface area (Å²) in [5.41, 5.74) is 4.57. The van der Waals surface area contributed by atoms with Crippen LogP contribution < -0.4 is 9.47 Å². The fourth-order valence-corrected chi connectivity index (χ4v) is 3.00. The molecule has 1 aromatic heterocycles. The SMILES string of the molecule is COc1ccc(Oc2cc(C)c(C#Cc3nc4ccccc4o3)c(C)c2)cc1. The summed E-state index contributed by atoms with van der Waals surface area (Å²) < 4.78 is 16.8. The Bertz CT molecular complexity index is 1140. The first-order valence-electron chi connectivity index (χ1n) is 8.93. The Morgan fingerprint density at radius 2 is 1.50 bits per heavy atom. The summed E-state index contributed by atoms with van der Waals surface area (Å²) in [7, 11) is 1.64. The van der Waals surface area contributed by atoms with E-state index in [2.05, 4.69) is 16.8 Å². The molecule has 0 saturated carbocycles. The van der Waals surface area contributed by atoms with Crippen LogP contribution in [-0.4, -0.2) is 12.1 Å². The van der Waals surface area contributed by atoms with Crippen molar-refractivity contribution in [3.05, 3.63) is 83.2 Å². The quantitative estimate of drug-likeness (QED) is 0.438. The molecule has 4 aromatic rings. The fraction of sp³-hybridized carbons (Fsp3) is 0.125. The second kappa shape index (κ2) is 7.50. The van der Waals surface area contributed by atoms with Crippen molar-refractivity contribution in [2.24, 2.45) is 0 Å². The van der Waals surface area contributed by atoms with Crippen molar-refractivity contribution in [2.45, 2.75) is 13.8 Å². The monoisotopic (exact) mass is 369 g/mol. The van der Waals surface area contributed by atoms with Crippen molar-refractivity contribution < 1.29 is 13.9 Å². The average Bonchev–Trinajstić information content (AvgIpc) is 3.11. The van der Waals surface area contributed by atoms with E-state index in [-0.39, 0.29) is 0 Å². The van der Waals surface area contributed by atoms with Gasteiger partial charge in [-0.1, -0.05) is 18.1 Å². The molecular weight excluding hydrogens is 350 g/mol. The van der Waals surface area contributed by atoms with E-state index >= 15 is 0 Å². The lowest BCUT2D eigenvalue weighted by atomic mass is 10.0. The first kappa shape index (κ1) is 17.7. The molecule has 1 heterocycles.